The summed E-state index contributed by atoms with van der Waals surface area (Å²) in [5.74, 6) is -0.953. The zero-order valence-electron chi connectivity index (χ0n) is 25.2. The number of nitrogens with zero attached hydrogens (tertiary/aromatic N) is 1. The summed E-state index contributed by atoms with van der Waals surface area (Å²) in [5.41, 5.74) is 5.82. The Bertz CT molecular complexity index is 1390. The second-order valence-electron chi connectivity index (χ2n) is 11.6. The van der Waals surface area contributed by atoms with Crippen LogP contribution in [0.4, 0.5) is 0 Å². The van der Waals surface area contributed by atoms with Crippen molar-refractivity contribution < 1.29 is 34.0 Å². The number of aliphatic carboxylic acids is 1. The lowest BCUT2D eigenvalue weighted by Gasteiger charge is -2.43. The fraction of sp³-hybridized carbons (Fsp3) is 0.429. The van der Waals surface area contributed by atoms with Gasteiger partial charge in [-0.3, -0.25) is 14.5 Å². The molecule has 2 saturated heterocycles. The number of carboxylic acids is 1. The van der Waals surface area contributed by atoms with E-state index in [4.69, 9.17) is 19.3 Å². The molecule has 2 fully saturated rings. The van der Waals surface area contributed by atoms with Gasteiger partial charge in [0.05, 0.1) is 32.0 Å². The number of nitrogens with one attached hydrogen (secondary N) is 1. The molecule has 2 aliphatic heterocycles. The summed E-state index contributed by atoms with van der Waals surface area (Å²) in [5, 5.41) is 21.2. The van der Waals surface area contributed by atoms with Crippen LogP contribution in [0.15, 0.2) is 72.8 Å². The molecule has 0 radical (unpaired) electrons. The highest BCUT2D eigenvalue weighted by Gasteiger charge is 2.39. The maximum atomic E-state index is 12.2. The van der Waals surface area contributed by atoms with Crippen LogP contribution in [-0.4, -0.2) is 65.9 Å². The van der Waals surface area contributed by atoms with Crippen molar-refractivity contribution in [2.45, 2.75) is 57.8 Å². The van der Waals surface area contributed by atoms with Crippen LogP contribution in [0.5, 0.6) is 0 Å². The van der Waals surface area contributed by atoms with E-state index in [1.54, 1.807) is 0 Å². The van der Waals surface area contributed by atoms with Crippen molar-refractivity contribution in [3.63, 3.8) is 0 Å². The number of carboxylic acid groups (broad SMARTS) is 1. The number of benzene rings is 3. The Labute approximate surface area is 258 Å². The molecule has 0 aromatic heterocycles. The average Bonchev–Trinajstić information content (AvgIpc) is 3.05. The number of carbonyl (C=O) groups is 2. The number of rotatable bonds is 12. The number of ether oxygens (including phenoxy) is 3. The van der Waals surface area contributed by atoms with Gasteiger partial charge in [-0.05, 0) is 46.4 Å². The molecule has 5 rings (SSSR count). The van der Waals surface area contributed by atoms with Gasteiger partial charge in [0.15, 0.2) is 6.29 Å². The molecule has 44 heavy (non-hydrogen) atoms. The normalized spacial score (nSPS) is 22.4. The third-order valence-electron chi connectivity index (χ3n) is 8.37. The Morgan fingerprint density at radius 2 is 1.61 bits per heavy atom. The molecular weight excluding hydrogens is 560 g/mol. The molecule has 3 aromatic rings. The van der Waals surface area contributed by atoms with E-state index in [9.17, 15) is 14.7 Å². The van der Waals surface area contributed by atoms with Gasteiger partial charge in [-0.25, -0.2) is 0 Å². The maximum absolute atomic E-state index is 12.2. The zero-order chi connectivity index (χ0) is 30.9. The predicted molar refractivity (Wildman–Crippen MR) is 165 cm³/mol. The minimum atomic E-state index is -0.897. The number of aliphatic hydroxyl groups is 1. The quantitative estimate of drug-likeness (QED) is 0.270. The molecule has 0 spiro atoms. The SMILES string of the molecule is C[C@H]1[C@@H](CN2CCOCC2)O[C@@H](c2cccc(-c3cccc(CNC(=O)CCCC(=O)O)c3)c2)O[C@H]1c1ccc(CO)cc1. The molecule has 0 bridgehead atoms. The standard InChI is InChI=1S/C35H42N2O7/c1-24-31(22-37-15-17-42-18-16-37)43-35(44-34(24)27-13-11-25(23-38)12-14-27)30-8-3-7-29(20-30)28-6-2-5-26(19-28)21-36-32(39)9-4-10-33(40)41/h2-3,5-8,11-14,19-20,24,31,34-35,38H,4,9-10,15-18,21-23H2,1H3,(H,36,39)(H,40,41)/t24-,31+,34+,35+/m0/s1. The van der Waals surface area contributed by atoms with Gasteiger partial charge in [-0.15, -0.1) is 0 Å². The molecule has 3 N–H and O–H groups in total. The van der Waals surface area contributed by atoms with Gasteiger partial charge in [-0.1, -0.05) is 67.6 Å². The second kappa shape index (κ2) is 15.4. The van der Waals surface area contributed by atoms with Crippen molar-refractivity contribution in [1.29, 1.82) is 0 Å². The number of amides is 1. The van der Waals surface area contributed by atoms with Crippen LogP contribution in [0.1, 0.15) is 60.8 Å². The van der Waals surface area contributed by atoms with E-state index < -0.39 is 12.3 Å². The van der Waals surface area contributed by atoms with Crippen molar-refractivity contribution in [1.82, 2.24) is 10.2 Å². The molecule has 0 aliphatic carbocycles. The Morgan fingerprint density at radius 3 is 2.34 bits per heavy atom. The first-order valence-electron chi connectivity index (χ1n) is 15.4. The molecule has 1 amide bonds. The molecule has 2 aliphatic rings. The summed E-state index contributed by atoms with van der Waals surface area (Å²) in [7, 11) is 0. The van der Waals surface area contributed by atoms with Gasteiger partial charge < -0.3 is 29.7 Å². The van der Waals surface area contributed by atoms with Gasteiger partial charge in [-0.2, -0.15) is 0 Å². The van der Waals surface area contributed by atoms with Gasteiger partial charge in [0.25, 0.3) is 0 Å². The monoisotopic (exact) mass is 602 g/mol. The van der Waals surface area contributed by atoms with E-state index in [1.807, 2.05) is 60.7 Å². The van der Waals surface area contributed by atoms with E-state index in [-0.39, 0.29) is 43.5 Å². The van der Waals surface area contributed by atoms with E-state index in [0.717, 1.165) is 66.2 Å². The van der Waals surface area contributed by atoms with Crippen LogP contribution >= 0.6 is 0 Å². The molecule has 3 aromatic carbocycles. The van der Waals surface area contributed by atoms with Crippen LogP contribution in [0.25, 0.3) is 11.1 Å². The lowest BCUT2D eigenvalue weighted by molar-refractivity contribution is -0.277. The number of carbonyl (C=O) groups excluding carboxylic acids is 1. The van der Waals surface area contributed by atoms with Crippen molar-refractivity contribution in [2.24, 2.45) is 5.92 Å². The highest BCUT2D eigenvalue weighted by molar-refractivity contribution is 5.76. The highest BCUT2D eigenvalue weighted by Crippen LogP contribution is 2.42. The van der Waals surface area contributed by atoms with Crippen LogP contribution in [0.3, 0.4) is 0 Å². The maximum Gasteiger partial charge on any atom is 0.303 e. The Kier molecular flexibility index (Phi) is 11.1. The molecule has 0 unspecified atom stereocenters. The van der Waals surface area contributed by atoms with Crippen LogP contribution < -0.4 is 5.32 Å². The van der Waals surface area contributed by atoms with Gasteiger partial charge in [0.2, 0.25) is 5.91 Å². The summed E-state index contributed by atoms with van der Waals surface area (Å²) < 4.78 is 18.9. The number of hydrogen-bond acceptors (Lipinski definition) is 7. The van der Waals surface area contributed by atoms with Crippen molar-refractivity contribution in [3.8, 4) is 11.1 Å². The minimum Gasteiger partial charge on any atom is -0.481 e. The van der Waals surface area contributed by atoms with E-state index in [0.29, 0.717) is 13.0 Å². The van der Waals surface area contributed by atoms with Gasteiger partial charge in [0, 0.05) is 50.5 Å². The molecule has 234 valence electrons. The largest absolute Gasteiger partial charge is 0.481 e. The molecule has 2 heterocycles. The van der Waals surface area contributed by atoms with E-state index >= 15 is 0 Å². The lowest BCUT2D eigenvalue weighted by Crippen LogP contribution is -2.47. The summed E-state index contributed by atoms with van der Waals surface area (Å²) in [6.45, 7) is 6.54. The Morgan fingerprint density at radius 1 is 0.886 bits per heavy atom. The number of morpholine rings is 1. The number of aliphatic hydroxyl groups excluding tert-OH is 1. The average molecular weight is 603 g/mol. The van der Waals surface area contributed by atoms with Crippen LogP contribution in [0.2, 0.25) is 0 Å². The van der Waals surface area contributed by atoms with Crippen LogP contribution in [0, 0.1) is 5.92 Å². The highest BCUT2D eigenvalue weighted by atomic mass is 16.7. The third-order valence-corrected chi connectivity index (χ3v) is 8.37. The summed E-state index contributed by atoms with van der Waals surface area (Å²) in [6, 6.07) is 24.2. The van der Waals surface area contributed by atoms with E-state index in [2.05, 4.69) is 29.3 Å². The minimum absolute atomic E-state index is 0.0000946. The molecular formula is C35H42N2O7. The Hall–Kier alpha value is -3.60. The predicted octanol–water partition coefficient (Wildman–Crippen LogP) is 4.84. The fourth-order valence-electron chi connectivity index (χ4n) is 5.78. The first-order chi connectivity index (χ1) is 21.4. The second-order valence-corrected chi connectivity index (χ2v) is 11.6. The topological polar surface area (TPSA) is 118 Å². The molecule has 0 saturated carbocycles. The fourth-order valence-corrected chi connectivity index (χ4v) is 5.78. The van der Waals surface area contributed by atoms with Gasteiger partial charge in [0.1, 0.15) is 0 Å². The smallest absolute Gasteiger partial charge is 0.303 e. The zero-order valence-corrected chi connectivity index (χ0v) is 25.2. The summed E-state index contributed by atoms with van der Waals surface area (Å²) >= 11 is 0. The Balaban J connectivity index is 1.32. The molecule has 9 nitrogen and oxygen atoms in total. The van der Waals surface area contributed by atoms with Crippen molar-refractivity contribution >= 4 is 11.9 Å². The lowest BCUT2D eigenvalue weighted by atomic mass is 9.89. The molecule has 4 atom stereocenters. The third kappa shape index (κ3) is 8.52. The summed E-state index contributed by atoms with van der Waals surface area (Å²) in [6.07, 6.45) is -0.308. The number of hydrogen-bond donors (Lipinski definition) is 3. The van der Waals surface area contributed by atoms with E-state index in [1.165, 1.54) is 0 Å². The van der Waals surface area contributed by atoms with Crippen molar-refractivity contribution in [3.05, 3.63) is 95.1 Å². The van der Waals surface area contributed by atoms with Gasteiger partial charge >= 0.3 is 5.97 Å². The van der Waals surface area contributed by atoms with Crippen LogP contribution in [-0.2, 0) is 37.0 Å². The summed E-state index contributed by atoms with van der Waals surface area (Å²) in [4.78, 5) is 25.3. The first-order valence-corrected chi connectivity index (χ1v) is 15.4. The van der Waals surface area contributed by atoms with Crippen molar-refractivity contribution in [2.75, 3.05) is 32.8 Å². The first kappa shape index (κ1) is 31.8. The molecule has 9 heteroatoms.